The van der Waals surface area contributed by atoms with Crippen LogP contribution in [-0.2, 0) is 14.3 Å². The molecular formula is C23H25ClIN3O7. The molecule has 0 saturated carbocycles. The van der Waals surface area contributed by atoms with Crippen LogP contribution in [0.5, 0.6) is 5.75 Å². The van der Waals surface area contributed by atoms with Crippen molar-refractivity contribution in [2.45, 2.75) is 31.2 Å². The second-order valence-electron chi connectivity index (χ2n) is 7.81. The summed E-state index contributed by atoms with van der Waals surface area (Å²) in [4.78, 5) is 40.2. The van der Waals surface area contributed by atoms with Crippen LogP contribution in [0.3, 0.4) is 0 Å². The maximum absolute atomic E-state index is 13.3. The van der Waals surface area contributed by atoms with E-state index in [1.165, 1.54) is 7.11 Å². The van der Waals surface area contributed by atoms with Crippen molar-refractivity contribution in [3.05, 3.63) is 56.6 Å². The number of aliphatic hydroxyl groups excluding tert-OH is 2. The highest BCUT2D eigenvalue weighted by Gasteiger charge is 2.47. The average molecular weight is 618 g/mol. The quantitative estimate of drug-likeness (QED) is 0.237. The summed E-state index contributed by atoms with van der Waals surface area (Å²) in [6.07, 6.45) is -1.82. The zero-order valence-electron chi connectivity index (χ0n) is 18.9. The van der Waals surface area contributed by atoms with Crippen LogP contribution in [0.4, 0.5) is 10.5 Å². The third-order valence-corrected chi connectivity index (χ3v) is 6.37. The number of ether oxygens (including phenoxy) is 2. The number of halogens is 2. The van der Waals surface area contributed by atoms with Crippen LogP contribution >= 0.6 is 34.2 Å². The Morgan fingerprint density at radius 3 is 2.54 bits per heavy atom. The number of benzene rings is 2. The van der Waals surface area contributed by atoms with E-state index in [4.69, 9.17) is 26.2 Å². The molecule has 4 atom stereocenters. The summed E-state index contributed by atoms with van der Waals surface area (Å²) in [6, 6.07) is 8.40. The molecule has 1 saturated heterocycles. The molecule has 4 amide bonds. The Bertz CT molecular complexity index is 1090. The molecule has 3 rings (SSSR count). The number of nitrogens with one attached hydrogen (secondary N) is 2. The molecule has 1 unspecified atom stereocenters. The maximum Gasteiger partial charge on any atom is 0.325 e. The monoisotopic (exact) mass is 617 g/mol. The Labute approximate surface area is 220 Å². The van der Waals surface area contributed by atoms with Gasteiger partial charge in [0.05, 0.1) is 23.4 Å². The van der Waals surface area contributed by atoms with Gasteiger partial charge in [-0.3, -0.25) is 9.59 Å². The van der Waals surface area contributed by atoms with Gasteiger partial charge in [0.1, 0.15) is 30.5 Å². The molecule has 2 aromatic rings. The molecule has 1 aliphatic rings. The van der Waals surface area contributed by atoms with Crippen LogP contribution in [0, 0.1) is 3.57 Å². The molecule has 0 radical (unpaired) electrons. The number of urea groups is 1. The van der Waals surface area contributed by atoms with E-state index in [2.05, 4.69) is 33.2 Å². The number of rotatable bonds is 10. The fraction of sp³-hybridized carbons (Fsp3) is 0.348. The van der Waals surface area contributed by atoms with Gasteiger partial charge < -0.3 is 30.3 Å². The number of carbonyl (C=O) groups excluding carboxylic acids is 3. The van der Waals surface area contributed by atoms with Crippen LogP contribution in [-0.4, -0.2) is 71.5 Å². The summed E-state index contributed by atoms with van der Waals surface area (Å²) in [6.45, 7) is 1.06. The first kappa shape index (κ1) is 27.1. The lowest BCUT2D eigenvalue weighted by Gasteiger charge is -2.28. The van der Waals surface area contributed by atoms with Crippen LogP contribution in [0.1, 0.15) is 18.5 Å². The minimum absolute atomic E-state index is 0.0982. The standard InChI is InChI=1S/C23H25ClIN3O7/c1-12(34-2)20(21(31)26-18-8-5-14(25)9-17(18)24)28-22(32)19(27-23(28)33)13-3-6-16(7-4-13)35-11-15(30)10-29/h3-9,12,15,19-20,29-30H,10-11H2,1-2H3,(H,26,31)(H,27,33)/t12-,15-,19-,20?/m1/s1. The highest BCUT2D eigenvalue weighted by atomic mass is 127. The highest BCUT2D eigenvalue weighted by Crippen LogP contribution is 2.29. The van der Waals surface area contributed by atoms with Crippen molar-refractivity contribution in [2.75, 3.05) is 25.6 Å². The lowest BCUT2D eigenvalue weighted by atomic mass is 10.0. The predicted octanol–water partition coefficient (Wildman–Crippen LogP) is 2.31. The number of amides is 4. The summed E-state index contributed by atoms with van der Waals surface area (Å²) in [5.74, 6) is -0.829. The van der Waals surface area contributed by atoms with Crippen molar-refractivity contribution in [3.63, 3.8) is 0 Å². The van der Waals surface area contributed by atoms with Crippen molar-refractivity contribution < 1.29 is 34.1 Å². The van der Waals surface area contributed by atoms with Crippen LogP contribution in [0.15, 0.2) is 42.5 Å². The molecule has 0 aromatic heterocycles. The smallest absolute Gasteiger partial charge is 0.325 e. The van der Waals surface area contributed by atoms with Crippen LogP contribution in [0.2, 0.25) is 5.02 Å². The van der Waals surface area contributed by atoms with Gasteiger partial charge in [-0.05, 0) is 65.4 Å². The molecular weight excluding hydrogens is 593 g/mol. The highest BCUT2D eigenvalue weighted by molar-refractivity contribution is 14.1. The second-order valence-corrected chi connectivity index (χ2v) is 9.46. The zero-order valence-corrected chi connectivity index (χ0v) is 21.8. The van der Waals surface area contributed by atoms with Gasteiger partial charge in [0.15, 0.2) is 0 Å². The van der Waals surface area contributed by atoms with Crippen molar-refractivity contribution in [3.8, 4) is 5.75 Å². The van der Waals surface area contributed by atoms with Gasteiger partial charge in [-0.15, -0.1) is 0 Å². The predicted molar refractivity (Wildman–Crippen MR) is 136 cm³/mol. The second kappa shape index (κ2) is 12.0. The molecule has 0 spiro atoms. The molecule has 1 fully saturated rings. The summed E-state index contributed by atoms with van der Waals surface area (Å²) >= 11 is 8.31. The number of nitrogens with zero attached hydrogens (tertiary/aromatic N) is 1. The summed E-state index contributed by atoms with van der Waals surface area (Å²) in [7, 11) is 1.38. The number of imide groups is 1. The van der Waals surface area contributed by atoms with Gasteiger partial charge in [0, 0.05) is 10.7 Å². The Morgan fingerprint density at radius 1 is 1.26 bits per heavy atom. The number of hydrogen-bond donors (Lipinski definition) is 4. The third-order valence-electron chi connectivity index (χ3n) is 5.39. The first-order chi connectivity index (χ1) is 16.7. The Morgan fingerprint density at radius 2 is 1.94 bits per heavy atom. The minimum atomic E-state index is -1.25. The van der Waals surface area contributed by atoms with Crippen molar-refractivity contribution >= 4 is 57.7 Å². The third kappa shape index (κ3) is 6.41. The number of aliphatic hydroxyl groups is 2. The van der Waals surface area contributed by atoms with E-state index in [1.807, 2.05) is 0 Å². The van der Waals surface area contributed by atoms with Crippen molar-refractivity contribution in [1.29, 1.82) is 0 Å². The molecule has 0 aliphatic carbocycles. The van der Waals surface area contributed by atoms with Crippen LogP contribution < -0.4 is 15.4 Å². The molecule has 2 aromatic carbocycles. The normalized spacial score (nSPS) is 18.1. The summed E-state index contributed by atoms with van der Waals surface area (Å²) in [5, 5.41) is 23.9. The number of carbonyl (C=O) groups is 3. The Balaban J connectivity index is 1.79. The van der Waals surface area contributed by atoms with Gasteiger partial charge in [-0.25, -0.2) is 9.69 Å². The van der Waals surface area contributed by atoms with E-state index in [9.17, 15) is 19.5 Å². The SMILES string of the molecule is CO[C@H](C)C(C(=O)Nc1ccc(I)cc1Cl)N1C(=O)N[C@H](c2ccc(OC[C@H](O)CO)cc2)C1=O. The van der Waals surface area contributed by atoms with E-state index in [1.54, 1.807) is 49.4 Å². The average Bonchev–Trinajstić information content (AvgIpc) is 3.13. The first-order valence-electron chi connectivity index (χ1n) is 10.6. The fourth-order valence-electron chi connectivity index (χ4n) is 3.45. The van der Waals surface area contributed by atoms with Crippen molar-refractivity contribution in [1.82, 2.24) is 10.2 Å². The number of methoxy groups -OCH3 is 1. The molecule has 4 N–H and O–H groups in total. The van der Waals surface area contributed by atoms with E-state index in [0.29, 0.717) is 22.0 Å². The van der Waals surface area contributed by atoms with E-state index < -0.39 is 48.7 Å². The van der Waals surface area contributed by atoms with E-state index in [-0.39, 0.29) is 6.61 Å². The van der Waals surface area contributed by atoms with E-state index >= 15 is 0 Å². The molecule has 35 heavy (non-hydrogen) atoms. The summed E-state index contributed by atoms with van der Waals surface area (Å²) < 4.78 is 11.6. The van der Waals surface area contributed by atoms with Gasteiger partial charge in [-0.1, -0.05) is 23.7 Å². The van der Waals surface area contributed by atoms with Crippen molar-refractivity contribution in [2.24, 2.45) is 0 Å². The number of hydrogen-bond acceptors (Lipinski definition) is 7. The summed E-state index contributed by atoms with van der Waals surface area (Å²) in [5.41, 5.74) is 0.821. The molecule has 1 heterocycles. The Hall–Kier alpha value is -2.45. The fourth-order valence-corrected chi connectivity index (χ4v) is 4.35. The van der Waals surface area contributed by atoms with Gasteiger partial charge in [0.2, 0.25) is 5.91 Å². The first-order valence-corrected chi connectivity index (χ1v) is 12.1. The molecule has 12 heteroatoms. The topological polar surface area (TPSA) is 137 Å². The molecule has 0 bridgehead atoms. The zero-order chi connectivity index (χ0) is 25.7. The lowest BCUT2D eigenvalue weighted by molar-refractivity contribution is -0.137. The van der Waals surface area contributed by atoms with E-state index in [0.717, 1.165) is 8.47 Å². The lowest BCUT2D eigenvalue weighted by Crippen LogP contribution is -2.53. The van der Waals surface area contributed by atoms with Crippen LogP contribution in [0.25, 0.3) is 0 Å². The molecule has 10 nitrogen and oxygen atoms in total. The minimum Gasteiger partial charge on any atom is -0.491 e. The van der Waals surface area contributed by atoms with Gasteiger partial charge in [0.25, 0.3) is 5.91 Å². The number of anilines is 1. The maximum atomic E-state index is 13.3. The van der Waals surface area contributed by atoms with Gasteiger partial charge in [-0.2, -0.15) is 0 Å². The molecule has 1 aliphatic heterocycles. The molecule has 188 valence electrons. The largest absolute Gasteiger partial charge is 0.491 e. The van der Waals surface area contributed by atoms with Gasteiger partial charge >= 0.3 is 6.03 Å². The Kier molecular flexibility index (Phi) is 9.30.